The van der Waals surface area contributed by atoms with Crippen LogP contribution in [0.1, 0.15) is 6.42 Å². The van der Waals surface area contributed by atoms with Crippen LogP contribution in [0, 0.1) is 0 Å². The standard InChI is InChI=1S/C5H5.C2F5.Tl/c1-2-4-5-3-1;3-1(4)2(5,6)7;/h1-3H,4H2;;. The van der Waals surface area contributed by atoms with Crippen LogP contribution in [0.15, 0.2) is 21.4 Å². The zero-order valence-electron chi connectivity index (χ0n) is 6.41. The fourth-order valence-corrected chi connectivity index (χ4v) is 5.13. The summed E-state index contributed by atoms with van der Waals surface area (Å²) in [6, 6.07) is 0. The van der Waals surface area contributed by atoms with Gasteiger partial charge in [0.1, 0.15) is 0 Å². The molecule has 1 aliphatic rings. The molecule has 0 N–H and O–H groups in total. The van der Waals surface area contributed by atoms with Crippen molar-refractivity contribution in [3.8, 4) is 0 Å². The number of rotatable bonds is 2. The van der Waals surface area contributed by atoms with Gasteiger partial charge in [-0.25, -0.2) is 0 Å². The summed E-state index contributed by atoms with van der Waals surface area (Å²) in [5, 5.41) is 0. The van der Waals surface area contributed by atoms with Gasteiger partial charge in [0.2, 0.25) is 0 Å². The fourth-order valence-electron chi connectivity index (χ4n) is 0.886. The summed E-state index contributed by atoms with van der Waals surface area (Å²) in [6.45, 7) is 0. The van der Waals surface area contributed by atoms with Crippen molar-refractivity contribution in [3.63, 3.8) is 0 Å². The first kappa shape index (κ1) is 11.1. The van der Waals surface area contributed by atoms with E-state index in [1.165, 1.54) is 12.2 Å². The molecular formula is C7H5F5Tl. The summed E-state index contributed by atoms with van der Waals surface area (Å²) in [5.41, 5.74) is 0. The van der Waals surface area contributed by atoms with Gasteiger partial charge in [-0.1, -0.05) is 0 Å². The predicted molar refractivity (Wildman–Crippen MR) is 38.6 cm³/mol. The number of allylic oxidation sites excluding steroid dienone is 4. The molecule has 0 heterocycles. The molecule has 0 unspecified atom stereocenters. The van der Waals surface area contributed by atoms with E-state index in [-0.39, 0.29) is 6.42 Å². The van der Waals surface area contributed by atoms with Crippen molar-refractivity contribution in [2.45, 2.75) is 16.1 Å². The van der Waals surface area contributed by atoms with E-state index < -0.39 is 33.9 Å². The molecule has 0 radical (unpaired) electrons. The van der Waals surface area contributed by atoms with Crippen LogP contribution in [-0.2, 0) is 0 Å². The van der Waals surface area contributed by atoms with Gasteiger partial charge in [-0.05, 0) is 0 Å². The Balaban J connectivity index is 2.62. The topological polar surface area (TPSA) is 0 Å². The molecule has 0 aromatic rings. The van der Waals surface area contributed by atoms with Gasteiger partial charge in [0.25, 0.3) is 0 Å². The van der Waals surface area contributed by atoms with Crippen molar-refractivity contribution in [2.75, 3.05) is 0 Å². The van der Waals surface area contributed by atoms with E-state index in [2.05, 4.69) is 0 Å². The van der Waals surface area contributed by atoms with Crippen molar-refractivity contribution in [3.05, 3.63) is 21.4 Å². The fraction of sp³-hybridized carbons (Fsp3) is 0.429. The van der Waals surface area contributed by atoms with Crippen LogP contribution in [0.3, 0.4) is 0 Å². The zero-order chi connectivity index (χ0) is 10.1. The Morgan fingerprint density at radius 2 is 1.77 bits per heavy atom. The molecular weight excluding hydrogens is 383 g/mol. The Labute approximate surface area is 83.7 Å². The van der Waals surface area contributed by atoms with Gasteiger partial charge in [-0.3, -0.25) is 0 Å². The second-order valence-corrected chi connectivity index (χ2v) is 9.46. The molecule has 71 valence electrons. The van der Waals surface area contributed by atoms with E-state index in [9.17, 15) is 22.0 Å². The SMILES string of the molecule is FC(F)(F)[C](F)(F)[Tl][C]1=CC=CC1. The normalized spacial score (nSPS) is 17.2. The maximum absolute atomic E-state index is 12.5. The van der Waals surface area contributed by atoms with Gasteiger partial charge >= 0.3 is 83.6 Å². The van der Waals surface area contributed by atoms with Crippen molar-refractivity contribution in [2.24, 2.45) is 0 Å². The summed E-state index contributed by atoms with van der Waals surface area (Å²) in [6.07, 6.45) is -0.571. The summed E-state index contributed by atoms with van der Waals surface area (Å²) < 4.78 is 56.1. The average Bonchev–Trinajstić information content (AvgIpc) is 2.35. The van der Waals surface area contributed by atoms with E-state index in [1.54, 1.807) is 6.08 Å². The number of halogens is 5. The summed E-state index contributed by atoms with van der Waals surface area (Å²) in [5.74, 6) is 0. The molecule has 0 atom stereocenters. The second-order valence-electron chi connectivity index (χ2n) is 2.64. The Morgan fingerprint density at radius 1 is 1.15 bits per heavy atom. The maximum atomic E-state index is 12.5. The minimum absolute atomic E-state index is 0.279. The van der Waals surface area contributed by atoms with Crippen molar-refractivity contribution < 1.29 is 22.0 Å². The van der Waals surface area contributed by atoms with Crippen LogP contribution in [0.25, 0.3) is 0 Å². The first-order valence-electron chi connectivity index (χ1n) is 3.49. The van der Waals surface area contributed by atoms with Crippen LogP contribution in [0.4, 0.5) is 22.0 Å². The Kier molecular flexibility index (Phi) is 3.13. The first-order valence-corrected chi connectivity index (χ1v) is 7.98. The summed E-state index contributed by atoms with van der Waals surface area (Å²) in [4.78, 5) is 0. The minimum atomic E-state index is -5.36. The van der Waals surface area contributed by atoms with E-state index in [1.807, 2.05) is 0 Å². The molecule has 1 rings (SSSR count). The first-order chi connectivity index (χ1) is 5.83. The molecule has 13 heavy (non-hydrogen) atoms. The van der Waals surface area contributed by atoms with E-state index in [4.69, 9.17) is 0 Å². The predicted octanol–water partition coefficient (Wildman–Crippen LogP) is 2.69. The number of hydrogen-bond donors (Lipinski definition) is 0. The Morgan fingerprint density at radius 3 is 2.15 bits per heavy atom. The Bertz CT molecular complexity index is 250. The van der Waals surface area contributed by atoms with Gasteiger partial charge in [-0.15, -0.1) is 0 Å². The molecule has 0 aliphatic heterocycles. The third kappa shape index (κ3) is 2.75. The van der Waals surface area contributed by atoms with Crippen LogP contribution >= 0.6 is 0 Å². The molecule has 0 fully saturated rings. The molecule has 0 amide bonds. The molecule has 6 heteroatoms. The van der Waals surface area contributed by atoms with Gasteiger partial charge in [0.15, 0.2) is 0 Å². The molecule has 0 bridgehead atoms. The summed E-state index contributed by atoms with van der Waals surface area (Å²) >= 11 is -3.21. The Hall–Kier alpha value is 0.0521. The van der Waals surface area contributed by atoms with Crippen molar-refractivity contribution in [1.29, 1.82) is 0 Å². The van der Waals surface area contributed by atoms with Crippen LogP contribution < -0.4 is 0 Å². The zero-order valence-corrected chi connectivity index (χ0v) is 10.9. The van der Waals surface area contributed by atoms with Gasteiger partial charge < -0.3 is 0 Å². The molecule has 0 spiro atoms. The van der Waals surface area contributed by atoms with Gasteiger partial charge in [0, 0.05) is 0 Å². The van der Waals surface area contributed by atoms with Crippen LogP contribution in [0.2, 0.25) is 0 Å². The molecule has 0 saturated heterocycles. The van der Waals surface area contributed by atoms with E-state index in [0.717, 1.165) is 0 Å². The van der Waals surface area contributed by atoms with Crippen LogP contribution in [0.5, 0.6) is 0 Å². The van der Waals surface area contributed by atoms with Crippen molar-refractivity contribution >= 4 is 24.2 Å². The average molecular weight is 388 g/mol. The molecule has 0 aromatic carbocycles. The number of alkyl halides is 5. The number of hydrogen-bond acceptors (Lipinski definition) is 0. The van der Waals surface area contributed by atoms with Crippen molar-refractivity contribution in [1.82, 2.24) is 0 Å². The van der Waals surface area contributed by atoms with Gasteiger partial charge in [-0.2, -0.15) is 0 Å². The molecule has 0 aromatic heterocycles. The van der Waals surface area contributed by atoms with Gasteiger partial charge in [0.05, 0.1) is 0 Å². The monoisotopic (exact) mass is 389 g/mol. The van der Waals surface area contributed by atoms with Crippen LogP contribution in [-0.4, -0.2) is 33.9 Å². The summed E-state index contributed by atoms with van der Waals surface area (Å²) in [7, 11) is 0. The third-order valence-corrected chi connectivity index (χ3v) is 7.33. The molecule has 0 nitrogen and oxygen atoms in total. The molecule has 0 saturated carbocycles. The van der Waals surface area contributed by atoms with E-state index >= 15 is 0 Å². The third-order valence-electron chi connectivity index (χ3n) is 1.54. The molecule has 1 aliphatic carbocycles. The van der Waals surface area contributed by atoms with E-state index in [0.29, 0.717) is 3.13 Å². The second kappa shape index (κ2) is 3.66. The quantitative estimate of drug-likeness (QED) is 0.504.